The molecule has 0 radical (unpaired) electrons. The maximum Gasteiger partial charge on any atom is -0.0124 e. The summed E-state index contributed by atoms with van der Waals surface area (Å²) < 4.78 is 0. The summed E-state index contributed by atoms with van der Waals surface area (Å²) in [4.78, 5) is 0. The molecule has 4 rings (SSSR count). The van der Waals surface area contributed by atoms with Crippen molar-refractivity contribution >= 4 is 0 Å². The van der Waals surface area contributed by atoms with Crippen LogP contribution in [0.25, 0.3) is 0 Å². The van der Waals surface area contributed by atoms with Crippen molar-refractivity contribution in [3.8, 4) is 0 Å². The maximum absolute atomic E-state index is 2.76. The standard InChI is InChI=1S/C34H60/c1-21(2)32(8,9)26(7)13-12-22(3)28-14-15-29-27-18-24(5)31-19-23(4)25(6)20-34(31,11)30(27)16-17-33(28,29)10/h13,21-25,27-31H,12,14-20H2,1-11H3/b26-13+/t22-,23+,24+,25+,27?,28-,29?,30?,31-,33-,34-/m1/s1. The second kappa shape index (κ2) is 9.24. The van der Waals surface area contributed by atoms with Gasteiger partial charge in [-0.05, 0) is 134 Å². The van der Waals surface area contributed by atoms with Gasteiger partial charge in [0.15, 0.2) is 0 Å². The lowest BCUT2D eigenvalue weighted by Gasteiger charge is -2.64. The molecule has 0 spiro atoms. The zero-order valence-electron chi connectivity index (χ0n) is 25.0. The van der Waals surface area contributed by atoms with Gasteiger partial charge in [0.05, 0.1) is 0 Å². The average Bonchev–Trinajstić information content (AvgIpc) is 3.11. The lowest BCUT2D eigenvalue weighted by molar-refractivity contribution is -0.149. The highest BCUT2D eigenvalue weighted by molar-refractivity contribution is 5.13. The number of hydrogen-bond donors (Lipinski definition) is 0. The highest BCUT2D eigenvalue weighted by Crippen LogP contribution is 2.70. The van der Waals surface area contributed by atoms with Gasteiger partial charge in [0.25, 0.3) is 0 Å². The van der Waals surface area contributed by atoms with Crippen LogP contribution in [0.4, 0.5) is 0 Å². The summed E-state index contributed by atoms with van der Waals surface area (Å²) in [5, 5.41) is 0. The van der Waals surface area contributed by atoms with E-state index in [1.54, 1.807) is 5.57 Å². The Morgan fingerprint density at radius 3 is 2.15 bits per heavy atom. The van der Waals surface area contributed by atoms with Crippen LogP contribution in [0, 0.1) is 75.4 Å². The molecule has 3 unspecified atom stereocenters. The van der Waals surface area contributed by atoms with Crippen LogP contribution in [0.3, 0.4) is 0 Å². The summed E-state index contributed by atoms with van der Waals surface area (Å²) in [5.41, 5.74) is 3.13. The normalized spacial score (nSPS) is 48.3. The first-order valence-corrected chi connectivity index (χ1v) is 15.4. The fourth-order valence-corrected chi connectivity index (χ4v) is 10.5. The summed E-state index contributed by atoms with van der Waals surface area (Å²) in [6.45, 7) is 27.9. The number of hydrogen-bond acceptors (Lipinski definition) is 0. The monoisotopic (exact) mass is 468 g/mol. The summed E-state index contributed by atoms with van der Waals surface area (Å²) in [6.07, 6.45) is 14.5. The van der Waals surface area contributed by atoms with Crippen molar-refractivity contribution in [3.63, 3.8) is 0 Å². The molecule has 0 aliphatic heterocycles. The van der Waals surface area contributed by atoms with Crippen LogP contribution in [-0.2, 0) is 0 Å². The van der Waals surface area contributed by atoms with Crippen LogP contribution in [0.5, 0.6) is 0 Å². The van der Waals surface area contributed by atoms with Crippen molar-refractivity contribution in [1.82, 2.24) is 0 Å². The van der Waals surface area contributed by atoms with Crippen LogP contribution in [-0.4, -0.2) is 0 Å². The van der Waals surface area contributed by atoms with Crippen molar-refractivity contribution in [1.29, 1.82) is 0 Å². The molecule has 11 atom stereocenters. The van der Waals surface area contributed by atoms with E-state index in [0.717, 1.165) is 53.3 Å². The third kappa shape index (κ3) is 4.18. The van der Waals surface area contributed by atoms with Crippen molar-refractivity contribution in [3.05, 3.63) is 11.6 Å². The first kappa shape index (κ1) is 26.8. The Bertz CT molecular complexity index is 756. The van der Waals surface area contributed by atoms with E-state index >= 15 is 0 Å². The quantitative estimate of drug-likeness (QED) is 0.352. The molecule has 0 saturated heterocycles. The Labute approximate surface area is 214 Å². The largest absolute Gasteiger partial charge is 0.0848 e. The minimum atomic E-state index is 0.318. The second-order valence-electron chi connectivity index (χ2n) is 15.8. The predicted molar refractivity (Wildman–Crippen MR) is 150 cm³/mol. The fraction of sp³-hybridized carbons (Fsp3) is 0.941. The third-order valence-corrected chi connectivity index (χ3v) is 13.8. The first-order valence-electron chi connectivity index (χ1n) is 15.4. The molecule has 0 aromatic heterocycles. The van der Waals surface area contributed by atoms with Gasteiger partial charge in [-0.1, -0.05) is 80.9 Å². The molecule has 0 amide bonds. The molecule has 0 heteroatoms. The molecule has 196 valence electrons. The van der Waals surface area contributed by atoms with E-state index in [1.807, 2.05) is 0 Å². The van der Waals surface area contributed by atoms with E-state index in [9.17, 15) is 0 Å². The van der Waals surface area contributed by atoms with Crippen molar-refractivity contribution in [2.24, 2.45) is 75.4 Å². The molecule has 4 aliphatic rings. The summed E-state index contributed by atoms with van der Waals surface area (Å²) in [5.74, 6) is 9.22. The second-order valence-corrected chi connectivity index (χ2v) is 15.8. The predicted octanol–water partition coefficient (Wildman–Crippen LogP) is 10.4. The molecule has 4 saturated carbocycles. The van der Waals surface area contributed by atoms with E-state index in [0.29, 0.717) is 22.2 Å². The van der Waals surface area contributed by atoms with Crippen LogP contribution < -0.4 is 0 Å². The smallest absolute Gasteiger partial charge is 0.0124 e. The third-order valence-electron chi connectivity index (χ3n) is 13.8. The van der Waals surface area contributed by atoms with E-state index in [1.165, 1.54) is 51.4 Å². The Kier molecular flexibility index (Phi) is 7.28. The molecule has 0 aromatic rings. The van der Waals surface area contributed by atoms with E-state index in [-0.39, 0.29) is 0 Å². The van der Waals surface area contributed by atoms with Gasteiger partial charge < -0.3 is 0 Å². The number of fused-ring (bicyclic) bond motifs is 5. The SMILES string of the molecule is C/C(=C\C[C@@H](C)[C@H]1CCC2C3C[C@H](C)[C@H]4C[C@H](C)[C@@H](C)C[C@]4(C)C3CC[C@@]21C)C(C)(C)C(C)C. The molecule has 0 N–H and O–H groups in total. The molecule has 0 nitrogen and oxygen atoms in total. The van der Waals surface area contributed by atoms with E-state index in [2.05, 4.69) is 82.2 Å². The van der Waals surface area contributed by atoms with E-state index < -0.39 is 0 Å². The molecule has 0 heterocycles. The molecule has 0 bridgehead atoms. The van der Waals surface area contributed by atoms with Gasteiger partial charge in [-0.2, -0.15) is 0 Å². The molecular weight excluding hydrogens is 408 g/mol. The van der Waals surface area contributed by atoms with Crippen LogP contribution in [0.1, 0.15) is 128 Å². The summed E-state index contributed by atoms with van der Waals surface area (Å²) in [7, 11) is 0. The van der Waals surface area contributed by atoms with Gasteiger partial charge in [0, 0.05) is 0 Å². The maximum atomic E-state index is 2.76. The summed E-state index contributed by atoms with van der Waals surface area (Å²) in [6, 6.07) is 0. The van der Waals surface area contributed by atoms with Crippen LogP contribution >= 0.6 is 0 Å². The van der Waals surface area contributed by atoms with Gasteiger partial charge in [0.2, 0.25) is 0 Å². The van der Waals surface area contributed by atoms with Crippen molar-refractivity contribution in [2.45, 2.75) is 128 Å². The first-order chi connectivity index (χ1) is 15.7. The molecular formula is C34H60. The van der Waals surface area contributed by atoms with Crippen LogP contribution in [0.15, 0.2) is 11.6 Å². The molecule has 4 aliphatic carbocycles. The lowest BCUT2D eigenvalue weighted by atomic mass is 9.41. The van der Waals surface area contributed by atoms with Gasteiger partial charge >= 0.3 is 0 Å². The van der Waals surface area contributed by atoms with E-state index in [4.69, 9.17) is 0 Å². The fourth-order valence-electron chi connectivity index (χ4n) is 10.5. The lowest BCUT2D eigenvalue weighted by Crippen LogP contribution is -2.56. The van der Waals surface area contributed by atoms with Gasteiger partial charge in [-0.15, -0.1) is 0 Å². The highest BCUT2D eigenvalue weighted by atomic mass is 14.7. The Morgan fingerprint density at radius 2 is 1.50 bits per heavy atom. The summed E-state index contributed by atoms with van der Waals surface area (Å²) >= 11 is 0. The van der Waals surface area contributed by atoms with Crippen molar-refractivity contribution < 1.29 is 0 Å². The zero-order chi connectivity index (χ0) is 25.2. The zero-order valence-corrected chi connectivity index (χ0v) is 25.0. The molecule has 4 fully saturated rings. The minimum absolute atomic E-state index is 0.318. The molecule has 34 heavy (non-hydrogen) atoms. The van der Waals surface area contributed by atoms with Gasteiger partial charge in [-0.3, -0.25) is 0 Å². The van der Waals surface area contributed by atoms with Crippen molar-refractivity contribution in [2.75, 3.05) is 0 Å². The Morgan fingerprint density at radius 1 is 0.853 bits per heavy atom. The Balaban J connectivity index is 1.51. The van der Waals surface area contributed by atoms with Gasteiger partial charge in [0.1, 0.15) is 0 Å². The number of allylic oxidation sites excluding steroid dienone is 2. The minimum Gasteiger partial charge on any atom is -0.0848 e. The Hall–Kier alpha value is -0.260. The topological polar surface area (TPSA) is 0 Å². The molecule has 0 aromatic carbocycles. The average molecular weight is 469 g/mol. The van der Waals surface area contributed by atoms with Crippen LogP contribution in [0.2, 0.25) is 0 Å². The number of rotatable bonds is 5. The van der Waals surface area contributed by atoms with Gasteiger partial charge in [-0.25, -0.2) is 0 Å². The highest BCUT2D eigenvalue weighted by Gasteiger charge is 2.62.